The molecule has 0 N–H and O–H groups in total. The van der Waals surface area contributed by atoms with Crippen molar-refractivity contribution in [1.29, 1.82) is 0 Å². The summed E-state index contributed by atoms with van der Waals surface area (Å²) in [6.45, 7) is 2.05. The van der Waals surface area contributed by atoms with E-state index < -0.39 is 0 Å². The van der Waals surface area contributed by atoms with Gasteiger partial charge in [0.05, 0.1) is 6.54 Å². The summed E-state index contributed by atoms with van der Waals surface area (Å²) in [5.74, 6) is 2.11. The highest BCUT2D eigenvalue weighted by Crippen LogP contribution is 2.01. The molecular weight excluding hydrogens is 194 g/mol. The molecule has 1 heterocycles. The summed E-state index contributed by atoms with van der Waals surface area (Å²) in [7, 11) is 4.16. The van der Waals surface area contributed by atoms with Crippen LogP contribution in [-0.4, -0.2) is 33.8 Å². The second-order valence-corrected chi connectivity index (χ2v) is 4.07. The average Bonchev–Trinajstić information content (AvgIpc) is 2.52. The van der Waals surface area contributed by atoms with Gasteiger partial charge in [-0.15, -0.1) is 0 Å². The molecular formula is C10H19N3S. The Labute approximate surface area is 91.5 Å². The third kappa shape index (κ3) is 3.72. The molecule has 0 aliphatic heterocycles. The summed E-state index contributed by atoms with van der Waals surface area (Å²) in [6.07, 6.45) is 6.23. The first-order valence-corrected chi connectivity index (χ1v) is 5.63. The van der Waals surface area contributed by atoms with E-state index in [1.807, 2.05) is 19.4 Å². The molecule has 1 rings (SSSR count). The van der Waals surface area contributed by atoms with E-state index in [1.54, 1.807) is 0 Å². The minimum absolute atomic E-state index is 0.927. The van der Waals surface area contributed by atoms with Gasteiger partial charge in [-0.25, -0.2) is 4.98 Å². The quantitative estimate of drug-likeness (QED) is 0.572. The molecule has 0 bridgehead atoms. The minimum atomic E-state index is 0.927. The van der Waals surface area contributed by atoms with Crippen molar-refractivity contribution in [3.8, 4) is 0 Å². The van der Waals surface area contributed by atoms with Gasteiger partial charge in [-0.1, -0.05) is 0 Å². The summed E-state index contributed by atoms with van der Waals surface area (Å²) in [4.78, 5) is 6.59. The third-order valence-corrected chi connectivity index (χ3v) is 2.60. The molecule has 1 aromatic rings. The van der Waals surface area contributed by atoms with Crippen molar-refractivity contribution in [2.24, 2.45) is 7.05 Å². The van der Waals surface area contributed by atoms with E-state index in [1.165, 1.54) is 12.8 Å². The molecule has 1 aromatic heterocycles. The topological polar surface area (TPSA) is 21.1 Å². The van der Waals surface area contributed by atoms with E-state index >= 15 is 0 Å². The van der Waals surface area contributed by atoms with Crippen molar-refractivity contribution >= 4 is 12.6 Å². The molecule has 0 saturated heterocycles. The number of aromatic nitrogens is 2. The lowest BCUT2D eigenvalue weighted by molar-refractivity contribution is 0.310. The van der Waals surface area contributed by atoms with Gasteiger partial charge < -0.3 is 4.57 Å². The first-order chi connectivity index (χ1) is 6.74. The van der Waals surface area contributed by atoms with Gasteiger partial charge in [-0.2, -0.15) is 12.6 Å². The molecule has 0 atom stereocenters. The number of hydrogen-bond donors (Lipinski definition) is 1. The maximum atomic E-state index is 4.29. The predicted octanol–water partition coefficient (Wildman–Crippen LogP) is 1.56. The Hall–Kier alpha value is -0.480. The van der Waals surface area contributed by atoms with E-state index in [0.717, 1.165) is 24.7 Å². The number of aryl methyl sites for hydroxylation is 1. The van der Waals surface area contributed by atoms with Crippen LogP contribution < -0.4 is 0 Å². The first-order valence-electron chi connectivity index (χ1n) is 4.99. The fourth-order valence-electron chi connectivity index (χ4n) is 1.36. The van der Waals surface area contributed by atoms with E-state index in [-0.39, 0.29) is 0 Å². The standard InChI is InChI=1S/C10H19N3S/c1-12(6-3-4-8-14)9-10-11-5-7-13(10)2/h5,7,14H,3-4,6,8-9H2,1-2H3. The van der Waals surface area contributed by atoms with E-state index in [4.69, 9.17) is 0 Å². The molecule has 80 valence electrons. The summed E-state index contributed by atoms with van der Waals surface area (Å²) in [5.41, 5.74) is 0. The van der Waals surface area contributed by atoms with Crippen LogP contribution in [0.5, 0.6) is 0 Å². The van der Waals surface area contributed by atoms with E-state index in [0.29, 0.717) is 0 Å². The minimum Gasteiger partial charge on any atom is -0.337 e. The van der Waals surface area contributed by atoms with Gasteiger partial charge >= 0.3 is 0 Å². The summed E-state index contributed by atoms with van der Waals surface area (Å²) >= 11 is 4.19. The Morgan fingerprint density at radius 3 is 2.86 bits per heavy atom. The van der Waals surface area contributed by atoms with Crippen LogP contribution in [0.2, 0.25) is 0 Å². The SMILES string of the molecule is CN(CCCCS)Cc1nccn1C. The Morgan fingerprint density at radius 1 is 1.50 bits per heavy atom. The largest absolute Gasteiger partial charge is 0.337 e. The molecule has 0 aromatic carbocycles. The Kier molecular flexibility index (Phi) is 5.04. The van der Waals surface area contributed by atoms with E-state index in [2.05, 4.69) is 34.1 Å². The van der Waals surface area contributed by atoms with Crippen LogP contribution in [0.4, 0.5) is 0 Å². The first kappa shape index (κ1) is 11.6. The maximum absolute atomic E-state index is 4.29. The second kappa shape index (κ2) is 6.09. The van der Waals surface area contributed by atoms with Crippen LogP contribution in [0.1, 0.15) is 18.7 Å². The second-order valence-electron chi connectivity index (χ2n) is 3.62. The Bertz CT molecular complexity index is 260. The molecule has 0 unspecified atom stereocenters. The molecule has 0 spiro atoms. The fraction of sp³-hybridized carbons (Fsp3) is 0.700. The lowest BCUT2D eigenvalue weighted by atomic mass is 10.3. The van der Waals surface area contributed by atoms with Crippen molar-refractivity contribution < 1.29 is 0 Å². The molecule has 0 aliphatic rings. The normalized spacial score (nSPS) is 11.1. The zero-order valence-electron chi connectivity index (χ0n) is 8.98. The number of unbranched alkanes of at least 4 members (excludes halogenated alkanes) is 1. The molecule has 0 aliphatic carbocycles. The Morgan fingerprint density at radius 2 is 2.29 bits per heavy atom. The summed E-state index contributed by atoms with van der Waals surface area (Å²) in [5, 5.41) is 0. The maximum Gasteiger partial charge on any atom is 0.122 e. The van der Waals surface area contributed by atoms with Crippen molar-refractivity contribution in [2.45, 2.75) is 19.4 Å². The number of nitrogens with zero attached hydrogens (tertiary/aromatic N) is 3. The van der Waals surface area contributed by atoms with Gasteiger partial charge in [0.1, 0.15) is 5.82 Å². The molecule has 0 fully saturated rings. The lowest BCUT2D eigenvalue weighted by Gasteiger charge is -2.15. The van der Waals surface area contributed by atoms with Crippen molar-refractivity contribution in [3.05, 3.63) is 18.2 Å². The van der Waals surface area contributed by atoms with Crippen LogP contribution in [0, 0.1) is 0 Å². The van der Waals surface area contributed by atoms with E-state index in [9.17, 15) is 0 Å². The molecule has 14 heavy (non-hydrogen) atoms. The predicted molar refractivity (Wildman–Crippen MR) is 62.6 cm³/mol. The number of rotatable bonds is 6. The van der Waals surface area contributed by atoms with Crippen molar-refractivity contribution in [3.63, 3.8) is 0 Å². The Balaban J connectivity index is 2.27. The fourth-order valence-corrected chi connectivity index (χ4v) is 1.59. The number of thiol groups is 1. The zero-order chi connectivity index (χ0) is 10.4. The highest BCUT2D eigenvalue weighted by Gasteiger charge is 2.03. The van der Waals surface area contributed by atoms with Gasteiger partial charge in [-0.3, -0.25) is 4.90 Å². The highest BCUT2D eigenvalue weighted by atomic mass is 32.1. The monoisotopic (exact) mass is 213 g/mol. The van der Waals surface area contributed by atoms with Crippen LogP contribution in [0.15, 0.2) is 12.4 Å². The smallest absolute Gasteiger partial charge is 0.122 e. The summed E-state index contributed by atoms with van der Waals surface area (Å²) < 4.78 is 2.06. The third-order valence-electron chi connectivity index (χ3n) is 2.28. The van der Waals surface area contributed by atoms with Gasteiger partial charge in [-0.05, 0) is 32.2 Å². The number of hydrogen-bond acceptors (Lipinski definition) is 3. The van der Waals surface area contributed by atoms with Crippen molar-refractivity contribution in [1.82, 2.24) is 14.5 Å². The molecule has 0 amide bonds. The average molecular weight is 213 g/mol. The van der Waals surface area contributed by atoms with Gasteiger partial charge in [0.25, 0.3) is 0 Å². The lowest BCUT2D eigenvalue weighted by Crippen LogP contribution is -2.21. The molecule has 0 radical (unpaired) electrons. The van der Waals surface area contributed by atoms with Gasteiger partial charge in [0.15, 0.2) is 0 Å². The summed E-state index contributed by atoms with van der Waals surface area (Å²) in [6, 6.07) is 0. The molecule has 0 saturated carbocycles. The van der Waals surface area contributed by atoms with Gasteiger partial charge in [0.2, 0.25) is 0 Å². The molecule has 3 nitrogen and oxygen atoms in total. The van der Waals surface area contributed by atoms with Crippen LogP contribution in [0.3, 0.4) is 0 Å². The zero-order valence-corrected chi connectivity index (χ0v) is 9.87. The van der Waals surface area contributed by atoms with Gasteiger partial charge in [0, 0.05) is 19.4 Å². The number of imidazole rings is 1. The van der Waals surface area contributed by atoms with Crippen LogP contribution >= 0.6 is 12.6 Å². The highest BCUT2D eigenvalue weighted by molar-refractivity contribution is 7.80. The van der Waals surface area contributed by atoms with Crippen molar-refractivity contribution in [2.75, 3.05) is 19.3 Å². The molecule has 4 heteroatoms. The van der Waals surface area contributed by atoms with Crippen LogP contribution in [0.25, 0.3) is 0 Å². The van der Waals surface area contributed by atoms with Crippen LogP contribution in [-0.2, 0) is 13.6 Å².